The molecular formula is C16H11ClFN3O. The molecule has 2 N–H and O–H groups in total. The van der Waals surface area contributed by atoms with E-state index >= 15 is 0 Å². The number of hydrogen-bond donors (Lipinski definition) is 2. The van der Waals surface area contributed by atoms with Gasteiger partial charge in [-0.2, -0.15) is 5.26 Å². The van der Waals surface area contributed by atoms with Crippen LogP contribution in [0.4, 0.5) is 15.8 Å². The molecule has 0 unspecified atom stereocenters. The van der Waals surface area contributed by atoms with Crippen LogP contribution < -0.4 is 10.6 Å². The summed E-state index contributed by atoms with van der Waals surface area (Å²) in [7, 11) is 0. The van der Waals surface area contributed by atoms with Crippen molar-refractivity contribution in [1.29, 1.82) is 5.26 Å². The summed E-state index contributed by atoms with van der Waals surface area (Å²) in [5, 5.41) is 14.6. The molecule has 0 bridgehead atoms. The van der Waals surface area contributed by atoms with E-state index in [0.29, 0.717) is 10.7 Å². The monoisotopic (exact) mass is 315 g/mol. The number of halogens is 2. The lowest BCUT2D eigenvalue weighted by Gasteiger charge is -2.06. The average Bonchev–Trinajstić information content (AvgIpc) is 2.49. The fraction of sp³-hybridized carbons (Fsp3) is 0. The summed E-state index contributed by atoms with van der Waals surface area (Å²) in [5.41, 5.74) is 0.443. The van der Waals surface area contributed by atoms with Gasteiger partial charge < -0.3 is 10.6 Å². The molecule has 0 radical (unpaired) electrons. The maximum absolute atomic E-state index is 13.4. The molecule has 0 aliphatic rings. The van der Waals surface area contributed by atoms with E-state index in [1.54, 1.807) is 42.5 Å². The number of nitriles is 1. The van der Waals surface area contributed by atoms with Gasteiger partial charge in [0.15, 0.2) is 0 Å². The molecule has 0 aliphatic heterocycles. The number of carbonyl (C=O) groups is 1. The van der Waals surface area contributed by atoms with Crippen molar-refractivity contribution in [2.45, 2.75) is 0 Å². The third-order valence-electron chi connectivity index (χ3n) is 2.69. The average molecular weight is 316 g/mol. The van der Waals surface area contributed by atoms with E-state index in [4.69, 9.17) is 16.9 Å². The Labute approximate surface area is 131 Å². The number of rotatable bonds is 4. The lowest BCUT2D eigenvalue weighted by molar-refractivity contribution is -0.112. The van der Waals surface area contributed by atoms with Crippen molar-refractivity contribution in [3.63, 3.8) is 0 Å². The van der Waals surface area contributed by atoms with Gasteiger partial charge in [-0.1, -0.05) is 29.8 Å². The number of anilines is 2. The molecule has 0 saturated heterocycles. The minimum Gasteiger partial charge on any atom is -0.358 e. The Balaban J connectivity index is 2.11. The highest BCUT2D eigenvalue weighted by molar-refractivity contribution is 6.31. The van der Waals surface area contributed by atoms with Crippen LogP contribution in [0.25, 0.3) is 0 Å². The smallest absolute Gasteiger partial charge is 0.267 e. The zero-order valence-corrected chi connectivity index (χ0v) is 12.1. The lowest BCUT2D eigenvalue weighted by Crippen LogP contribution is -2.14. The normalized spacial score (nSPS) is 10.7. The molecule has 110 valence electrons. The molecule has 1 amide bonds. The van der Waals surface area contributed by atoms with Crippen molar-refractivity contribution in [3.05, 3.63) is 71.1 Å². The van der Waals surface area contributed by atoms with Gasteiger partial charge in [0.05, 0.1) is 5.69 Å². The first-order chi connectivity index (χ1) is 10.6. The molecule has 0 heterocycles. The van der Waals surface area contributed by atoms with E-state index in [1.165, 1.54) is 12.1 Å². The Kier molecular flexibility index (Phi) is 5.12. The largest absolute Gasteiger partial charge is 0.358 e. The highest BCUT2D eigenvalue weighted by atomic mass is 35.5. The Hall–Kier alpha value is -2.84. The van der Waals surface area contributed by atoms with Crippen LogP contribution in [0.3, 0.4) is 0 Å². The van der Waals surface area contributed by atoms with Gasteiger partial charge in [-0.05, 0) is 30.3 Å². The summed E-state index contributed by atoms with van der Waals surface area (Å²) in [6.45, 7) is 0. The molecule has 0 spiro atoms. The highest BCUT2D eigenvalue weighted by Crippen LogP contribution is 2.16. The Bertz CT molecular complexity index is 768. The molecule has 2 rings (SSSR count). The van der Waals surface area contributed by atoms with Crippen LogP contribution in [0.15, 0.2) is 60.3 Å². The fourth-order valence-electron chi connectivity index (χ4n) is 1.64. The van der Waals surface area contributed by atoms with Crippen LogP contribution in [0.5, 0.6) is 0 Å². The van der Waals surface area contributed by atoms with Crippen LogP contribution in [0.1, 0.15) is 0 Å². The Morgan fingerprint density at radius 3 is 2.68 bits per heavy atom. The minimum absolute atomic E-state index is 0.172. The van der Waals surface area contributed by atoms with E-state index in [1.807, 2.05) is 0 Å². The summed E-state index contributed by atoms with van der Waals surface area (Å²) in [6.07, 6.45) is 1.15. The third kappa shape index (κ3) is 4.08. The Morgan fingerprint density at radius 1 is 1.23 bits per heavy atom. The molecule has 2 aromatic rings. The van der Waals surface area contributed by atoms with Crippen LogP contribution in [-0.4, -0.2) is 5.91 Å². The summed E-state index contributed by atoms with van der Waals surface area (Å²) < 4.78 is 13.4. The van der Waals surface area contributed by atoms with E-state index in [2.05, 4.69) is 10.6 Å². The predicted molar refractivity (Wildman–Crippen MR) is 83.8 cm³/mol. The highest BCUT2D eigenvalue weighted by Gasteiger charge is 2.10. The number of para-hydroxylation sites is 1. The predicted octanol–water partition coefficient (Wildman–Crippen LogP) is 3.94. The third-order valence-corrected chi connectivity index (χ3v) is 2.93. The van der Waals surface area contributed by atoms with Gasteiger partial charge in [0.25, 0.3) is 5.91 Å². The van der Waals surface area contributed by atoms with Crippen LogP contribution in [-0.2, 0) is 4.79 Å². The van der Waals surface area contributed by atoms with Crippen molar-refractivity contribution < 1.29 is 9.18 Å². The molecule has 0 fully saturated rings. The number of benzene rings is 2. The van der Waals surface area contributed by atoms with E-state index in [0.717, 1.165) is 6.20 Å². The first-order valence-corrected chi connectivity index (χ1v) is 6.66. The van der Waals surface area contributed by atoms with Gasteiger partial charge in [-0.15, -0.1) is 0 Å². The van der Waals surface area contributed by atoms with Gasteiger partial charge in [0.2, 0.25) is 0 Å². The summed E-state index contributed by atoms with van der Waals surface area (Å²) in [6, 6.07) is 14.2. The van der Waals surface area contributed by atoms with Crippen LogP contribution in [0, 0.1) is 17.1 Å². The van der Waals surface area contributed by atoms with Crippen molar-refractivity contribution in [1.82, 2.24) is 0 Å². The maximum Gasteiger partial charge on any atom is 0.267 e. The number of hydrogen-bond acceptors (Lipinski definition) is 3. The molecule has 22 heavy (non-hydrogen) atoms. The molecule has 2 aromatic carbocycles. The summed E-state index contributed by atoms with van der Waals surface area (Å²) in [4.78, 5) is 12.0. The fourth-order valence-corrected chi connectivity index (χ4v) is 1.83. The van der Waals surface area contributed by atoms with Gasteiger partial charge in [-0.3, -0.25) is 4.79 Å². The lowest BCUT2D eigenvalue weighted by atomic mass is 10.2. The zero-order chi connectivity index (χ0) is 15.9. The zero-order valence-electron chi connectivity index (χ0n) is 11.3. The summed E-state index contributed by atoms with van der Waals surface area (Å²) >= 11 is 5.82. The van der Waals surface area contributed by atoms with E-state index < -0.39 is 11.7 Å². The quantitative estimate of drug-likeness (QED) is 0.663. The van der Waals surface area contributed by atoms with Gasteiger partial charge in [0, 0.05) is 16.9 Å². The van der Waals surface area contributed by atoms with Crippen molar-refractivity contribution >= 4 is 28.9 Å². The topological polar surface area (TPSA) is 64.9 Å². The van der Waals surface area contributed by atoms with Gasteiger partial charge in [0.1, 0.15) is 17.5 Å². The molecule has 0 aliphatic carbocycles. The van der Waals surface area contributed by atoms with E-state index in [-0.39, 0.29) is 11.3 Å². The number of nitrogens with one attached hydrogen (secondary N) is 2. The SMILES string of the molecule is N#C/C(=C/Nc1ccccc1F)C(=O)Nc1cccc(Cl)c1. The van der Waals surface area contributed by atoms with E-state index in [9.17, 15) is 9.18 Å². The van der Waals surface area contributed by atoms with Gasteiger partial charge >= 0.3 is 0 Å². The second kappa shape index (κ2) is 7.25. The first-order valence-electron chi connectivity index (χ1n) is 6.28. The van der Waals surface area contributed by atoms with Crippen LogP contribution in [0.2, 0.25) is 5.02 Å². The molecule has 0 saturated carbocycles. The molecule has 0 aromatic heterocycles. The first kappa shape index (κ1) is 15.5. The standard InChI is InChI=1S/C16H11ClFN3O/c17-12-4-3-5-13(8-12)21-16(22)11(9-19)10-20-15-7-2-1-6-14(15)18/h1-8,10,20H,(H,21,22)/b11-10-. The molecule has 4 nitrogen and oxygen atoms in total. The molecular weight excluding hydrogens is 305 g/mol. The summed E-state index contributed by atoms with van der Waals surface area (Å²) in [5.74, 6) is -1.10. The van der Waals surface area contributed by atoms with Crippen molar-refractivity contribution in [2.24, 2.45) is 0 Å². The second-order valence-corrected chi connectivity index (χ2v) is 4.69. The number of amides is 1. The Morgan fingerprint density at radius 2 is 2.00 bits per heavy atom. The van der Waals surface area contributed by atoms with Crippen LogP contribution >= 0.6 is 11.6 Å². The number of carbonyl (C=O) groups excluding carboxylic acids is 1. The number of nitrogens with zero attached hydrogens (tertiary/aromatic N) is 1. The molecule has 6 heteroatoms. The second-order valence-electron chi connectivity index (χ2n) is 4.26. The molecule has 0 atom stereocenters. The van der Waals surface area contributed by atoms with Gasteiger partial charge in [-0.25, -0.2) is 4.39 Å². The minimum atomic E-state index is -0.617. The maximum atomic E-state index is 13.4. The van der Waals surface area contributed by atoms with Crippen molar-refractivity contribution in [2.75, 3.05) is 10.6 Å². The van der Waals surface area contributed by atoms with Crippen molar-refractivity contribution in [3.8, 4) is 6.07 Å².